The van der Waals surface area contributed by atoms with Crippen molar-refractivity contribution in [3.8, 4) is 0 Å². The van der Waals surface area contributed by atoms with Gasteiger partial charge in [-0.2, -0.15) is 0 Å². The average molecular weight is 424 g/mol. The minimum absolute atomic E-state index is 0.0423. The van der Waals surface area contributed by atoms with Crippen LogP contribution in [0.5, 0.6) is 0 Å². The second-order valence-corrected chi connectivity index (χ2v) is 8.28. The van der Waals surface area contributed by atoms with E-state index in [1.807, 2.05) is 24.0 Å². The Balaban J connectivity index is 1.55. The molecule has 5 nitrogen and oxygen atoms in total. The molecule has 1 aliphatic rings. The van der Waals surface area contributed by atoms with Crippen LogP contribution in [0.15, 0.2) is 42.5 Å². The molecule has 2 heterocycles. The summed E-state index contributed by atoms with van der Waals surface area (Å²) in [6, 6.07) is 12.8. The summed E-state index contributed by atoms with van der Waals surface area (Å²) in [4.78, 5) is 21.1. The zero-order chi connectivity index (χ0) is 21.8. The Kier molecular flexibility index (Phi) is 6.68. The highest BCUT2D eigenvalue weighted by molar-refractivity contribution is 6.00. The average Bonchev–Trinajstić information content (AvgIpc) is 3.10. The molecule has 0 bridgehead atoms. The number of aromatic amines is 1. The number of nitrogens with one attached hydrogen (secondary N) is 1. The zero-order valence-electron chi connectivity index (χ0n) is 18.3. The fourth-order valence-corrected chi connectivity index (χ4v) is 4.23. The van der Waals surface area contributed by atoms with Gasteiger partial charge in [0.05, 0.1) is 13.2 Å². The predicted molar refractivity (Wildman–Crippen MR) is 121 cm³/mol. The third-order valence-electron chi connectivity index (χ3n) is 6.15. The first-order valence-corrected chi connectivity index (χ1v) is 10.9. The molecule has 1 aromatic heterocycles. The summed E-state index contributed by atoms with van der Waals surface area (Å²) in [5.41, 5.74) is 4.43. The number of aryl methyl sites for hydroxylation is 2. The number of aromatic nitrogens is 1. The minimum atomic E-state index is -0.295. The molecule has 0 atom stereocenters. The largest absolute Gasteiger partial charge is 0.379 e. The fourth-order valence-electron chi connectivity index (χ4n) is 4.23. The first-order chi connectivity index (χ1) is 15.0. The monoisotopic (exact) mass is 423 g/mol. The number of hydrogen-bond acceptors (Lipinski definition) is 3. The molecule has 0 unspecified atom stereocenters. The van der Waals surface area contributed by atoms with Gasteiger partial charge in [-0.1, -0.05) is 24.3 Å². The van der Waals surface area contributed by atoms with Gasteiger partial charge in [-0.25, -0.2) is 4.39 Å². The van der Waals surface area contributed by atoms with Gasteiger partial charge in [-0.15, -0.1) is 0 Å². The van der Waals surface area contributed by atoms with Crippen LogP contribution >= 0.6 is 0 Å². The maximum Gasteiger partial charge on any atom is 0.270 e. The SMILES string of the molecule is Cc1ccccc1CN(CCCN1CCOCC1)C(=O)c1[nH]c2ccc(F)cc2c1C. The van der Waals surface area contributed by atoms with Crippen LogP contribution in [0.4, 0.5) is 4.39 Å². The van der Waals surface area contributed by atoms with Gasteiger partial charge in [0, 0.05) is 43.6 Å². The van der Waals surface area contributed by atoms with Crippen molar-refractivity contribution >= 4 is 16.8 Å². The smallest absolute Gasteiger partial charge is 0.270 e. The number of carbonyl (C=O) groups is 1. The summed E-state index contributed by atoms with van der Waals surface area (Å²) in [7, 11) is 0. The van der Waals surface area contributed by atoms with Crippen LogP contribution in [0.25, 0.3) is 10.9 Å². The van der Waals surface area contributed by atoms with Crippen LogP contribution in [0.2, 0.25) is 0 Å². The summed E-state index contributed by atoms with van der Waals surface area (Å²) >= 11 is 0. The van der Waals surface area contributed by atoms with Crippen molar-refractivity contribution in [1.82, 2.24) is 14.8 Å². The fraction of sp³-hybridized carbons (Fsp3) is 0.400. The van der Waals surface area contributed by atoms with Crippen molar-refractivity contribution in [3.63, 3.8) is 0 Å². The van der Waals surface area contributed by atoms with Gasteiger partial charge < -0.3 is 14.6 Å². The molecular weight excluding hydrogens is 393 g/mol. The Labute approximate surface area is 182 Å². The van der Waals surface area contributed by atoms with Gasteiger partial charge in [0.2, 0.25) is 0 Å². The van der Waals surface area contributed by atoms with Crippen LogP contribution < -0.4 is 0 Å². The maximum absolute atomic E-state index is 13.7. The number of nitrogens with zero attached hydrogens (tertiary/aromatic N) is 2. The number of H-pyrrole nitrogens is 1. The Hall–Kier alpha value is -2.70. The summed E-state index contributed by atoms with van der Waals surface area (Å²) in [6.45, 7) is 9.54. The van der Waals surface area contributed by atoms with Crippen LogP contribution in [-0.4, -0.2) is 60.1 Å². The lowest BCUT2D eigenvalue weighted by Crippen LogP contribution is -2.39. The van der Waals surface area contributed by atoms with Crippen molar-refractivity contribution in [3.05, 3.63) is 70.7 Å². The van der Waals surface area contributed by atoms with Gasteiger partial charge >= 0.3 is 0 Å². The van der Waals surface area contributed by atoms with Crippen molar-refractivity contribution in [1.29, 1.82) is 0 Å². The molecular formula is C25H30FN3O2. The number of halogens is 1. The summed E-state index contributed by atoms with van der Waals surface area (Å²) in [5.74, 6) is -0.338. The molecule has 0 saturated carbocycles. The molecule has 1 fully saturated rings. The molecule has 31 heavy (non-hydrogen) atoms. The minimum Gasteiger partial charge on any atom is -0.379 e. The maximum atomic E-state index is 13.7. The number of rotatable bonds is 7. The highest BCUT2D eigenvalue weighted by Gasteiger charge is 2.22. The van der Waals surface area contributed by atoms with Gasteiger partial charge in [0.15, 0.2) is 0 Å². The predicted octanol–water partition coefficient (Wildman–Crippen LogP) is 4.29. The number of carbonyl (C=O) groups excluding carboxylic acids is 1. The molecule has 0 spiro atoms. The van der Waals surface area contributed by atoms with E-state index < -0.39 is 0 Å². The number of benzene rings is 2. The van der Waals surface area contributed by atoms with E-state index in [2.05, 4.69) is 28.9 Å². The van der Waals surface area contributed by atoms with Crippen LogP contribution in [0.3, 0.4) is 0 Å². The number of ether oxygens (including phenoxy) is 1. The highest BCUT2D eigenvalue weighted by Crippen LogP contribution is 2.24. The Morgan fingerprint density at radius 3 is 2.71 bits per heavy atom. The lowest BCUT2D eigenvalue weighted by molar-refractivity contribution is 0.0355. The Morgan fingerprint density at radius 2 is 1.94 bits per heavy atom. The van der Waals surface area contributed by atoms with E-state index in [0.29, 0.717) is 18.8 Å². The van der Waals surface area contributed by atoms with Crippen molar-refractivity contribution in [2.75, 3.05) is 39.4 Å². The van der Waals surface area contributed by atoms with E-state index in [0.717, 1.165) is 61.3 Å². The summed E-state index contributed by atoms with van der Waals surface area (Å²) in [6.07, 6.45) is 0.894. The second kappa shape index (κ2) is 9.62. The van der Waals surface area contributed by atoms with Gasteiger partial charge in [-0.3, -0.25) is 9.69 Å². The van der Waals surface area contributed by atoms with Crippen molar-refractivity contribution in [2.24, 2.45) is 0 Å². The van der Waals surface area contributed by atoms with E-state index in [4.69, 9.17) is 4.74 Å². The molecule has 0 radical (unpaired) electrons. The topological polar surface area (TPSA) is 48.6 Å². The van der Waals surface area contributed by atoms with Gasteiger partial charge in [0.25, 0.3) is 5.91 Å². The van der Waals surface area contributed by atoms with E-state index in [1.165, 1.54) is 17.7 Å². The molecule has 1 saturated heterocycles. The number of morpholine rings is 1. The molecule has 3 aromatic rings. The van der Waals surface area contributed by atoms with E-state index in [1.54, 1.807) is 6.07 Å². The highest BCUT2D eigenvalue weighted by atomic mass is 19.1. The number of hydrogen-bond donors (Lipinski definition) is 1. The lowest BCUT2D eigenvalue weighted by atomic mass is 10.1. The zero-order valence-corrected chi connectivity index (χ0v) is 18.3. The first kappa shape index (κ1) is 21.5. The third-order valence-corrected chi connectivity index (χ3v) is 6.15. The summed E-state index contributed by atoms with van der Waals surface area (Å²) < 4.78 is 19.2. The lowest BCUT2D eigenvalue weighted by Gasteiger charge is -2.28. The van der Waals surface area contributed by atoms with Crippen molar-refractivity contribution < 1.29 is 13.9 Å². The molecule has 2 aromatic carbocycles. The first-order valence-electron chi connectivity index (χ1n) is 10.9. The molecule has 1 amide bonds. The second-order valence-electron chi connectivity index (χ2n) is 8.28. The molecule has 1 aliphatic heterocycles. The van der Waals surface area contributed by atoms with E-state index in [-0.39, 0.29) is 11.7 Å². The molecule has 0 aliphatic carbocycles. The van der Waals surface area contributed by atoms with Gasteiger partial charge in [0.1, 0.15) is 11.5 Å². The summed E-state index contributed by atoms with van der Waals surface area (Å²) in [5, 5.41) is 0.757. The standard InChI is InChI=1S/C25H30FN3O2/c1-18-6-3-4-7-20(18)17-29(11-5-10-28-12-14-31-15-13-28)25(30)24-19(2)22-16-21(26)8-9-23(22)27-24/h3-4,6-9,16,27H,5,10-15,17H2,1-2H3. The van der Waals surface area contributed by atoms with Crippen LogP contribution in [0.1, 0.15) is 33.6 Å². The molecule has 4 rings (SSSR count). The van der Waals surface area contributed by atoms with Crippen molar-refractivity contribution in [2.45, 2.75) is 26.8 Å². The molecule has 1 N–H and O–H groups in total. The molecule has 6 heteroatoms. The molecule has 164 valence electrons. The quantitative estimate of drug-likeness (QED) is 0.617. The Morgan fingerprint density at radius 1 is 1.16 bits per heavy atom. The third kappa shape index (κ3) is 4.97. The number of amides is 1. The van der Waals surface area contributed by atoms with E-state index in [9.17, 15) is 9.18 Å². The van der Waals surface area contributed by atoms with Crippen LogP contribution in [-0.2, 0) is 11.3 Å². The van der Waals surface area contributed by atoms with Crippen LogP contribution in [0, 0.1) is 19.7 Å². The number of fused-ring (bicyclic) bond motifs is 1. The Bertz CT molecular complexity index is 1060. The normalized spacial score (nSPS) is 14.8. The van der Waals surface area contributed by atoms with E-state index >= 15 is 0 Å². The van der Waals surface area contributed by atoms with Gasteiger partial charge in [-0.05, 0) is 55.2 Å².